The van der Waals surface area contributed by atoms with E-state index in [1.54, 1.807) is 0 Å². The van der Waals surface area contributed by atoms with Crippen molar-refractivity contribution in [3.63, 3.8) is 0 Å². The van der Waals surface area contributed by atoms with Crippen LogP contribution in [0.25, 0.3) is 6.08 Å². The first-order valence-electron chi connectivity index (χ1n) is 7.61. The van der Waals surface area contributed by atoms with Crippen LogP contribution in [0.4, 0.5) is 74.6 Å². The molecule has 0 aromatic carbocycles. The Labute approximate surface area is 174 Å². The highest BCUT2D eigenvalue weighted by atomic mass is 19.4. The van der Waals surface area contributed by atoms with Crippen LogP contribution in [0.3, 0.4) is 0 Å². The van der Waals surface area contributed by atoms with Crippen LogP contribution in [0, 0.1) is 0 Å². The minimum atomic E-state index is -8.77. The molecule has 0 aliphatic heterocycles. The molecule has 1 rings (SSSR count). The van der Waals surface area contributed by atoms with Gasteiger partial charge in [0.1, 0.15) is 0 Å². The average molecular weight is 543 g/mol. The first-order chi connectivity index (χ1) is 14.6. The fraction of sp³-hybridized carbons (Fsp3) is 0.571. The van der Waals surface area contributed by atoms with E-state index in [2.05, 4.69) is 6.58 Å². The monoisotopic (exact) mass is 543 g/mol. The summed E-state index contributed by atoms with van der Waals surface area (Å²) >= 11 is 0. The molecule has 3 nitrogen and oxygen atoms in total. The SMILES string of the molecule is C=Cc1cc(O)n(C(F)(F)C(F)(F)C(F)(F)C(F)(F)C(F)(F)C(F)(F)C(F)(F)C(F)(F)F)c1O. The van der Waals surface area contributed by atoms with Gasteiger partial charge in [0.05, 0.1) is 0 Å². The second-order valence-corrected chi connectivity index (χ2v) is 6.31. The molecule has 0 bridgehead atoms. The quantitative estimate of drug-likeness (QED) is 0.370. The number of rotatable bonds is 8. The lowest BCUT2D eigenvalue weighted by Gasteiger charge is -2.42. The highest BCUT2D eigenvalue weighted by Crippen LogP contribution is 2.65. The zero-order chi connectivity index (χ0) is 27.7. The van der Waals surface area contributed by atoms with Crippen molar-refractivity contribution in [2.75, 3.05) is 0 Å². The Hall–Kier alpha value is -2.57. The minimum absolute atomic E-state index is 0.144. The third-order valence-electron chi connectivity index (χ3n) is 4.19. The first-order valence-corrected chi connectivity index (χ1v) is 7.61. The molecule has 0 amide bonds. The van der Waals surface area contributed by atoms with Crippen LogP contribution in [0.1, 0.15) is 5.56 Å². The fourth-order valence-corrected chi connectivity index (χ4v) is 2.23. The molecule has 2 N–H and O–H groups in total. The van der Waals surface area contributed by atoms with Crippen LogP contribution in [-0.2, 0) is 6.05 Å². The van der Waals surface area contributed by atoms with E-state index >= 15 is 0 Å². The Morgan fingerprint density at radius 3 is 1.21 bits per heavy atom. The Morgan fingerprint density at radius 2 is 0.912 bits per heavy atom. The predicted molar refractivity (Wildman–Crippen MR) is 73.8 cm³/mol. The minimum Gasteiger partial charge on any atom is -0.494 e. The summed E-state index contributed by atoms with van der Waals surface area (Å²) in [7, 11) is 0. The molecule has 1 aromatic rings. The smallest absolute Gasteiger partial charge is 0.460 e. The van der Waals surface area contributed by atoms with E-state index in [0.717, 1.165) is 0 Å². The average Bonchev–Trinajstić information content (AvgIpc) is 2.93. The van der Waals surface area contributed by atoms with Gasteiger partial charge in [-0.3, -0.25) is 0 Å². The zero-order valence-corrected chi connectivity index (χ0v) is 15.1. The Bertz CT molecular complexity index is 943. The molecule has 0 saturated carbocycles. The molecule has 0 atom stereocenters. The first kappa shape index (κ1) is 29.5. The maximum Gasteiger partial charge on any atom is 0.460 e. The van der Waals surface area contributed by atoms with Gasteiger partial charge in [-0.1, -0.05) is 12.7 Å². The number of aromatic nitrogens is 1. The summed E-state index contributed by atoms with van der Waals surface area (Å²) in [6.07, 6.45) is -7.58. The van der Waals surface area contributed by atoms with Crippen molar-refractivity contribution >= 4 is 6.08 Å². The van der Waals surface area contributed by atoms with Gasteiger partial charge in [-0.2, -0.15) is 74.6 Å². The summed E-state index contributed by atoms with van der Waals surface area (Å²) in [6, 6.07) is -7.29. The molecule has 0 unspecified atom stereocenters. The van der Waals surface area contributed by atoms with E-state index in [4.69, 9.17) is 5.11 Å². The third-order valence-corrected chi connectivity index (χ3v) is 4.19. The van der Waals surface area contributed by atoms with E-state index in [-0.39, 0.29) is 12.1 Å². The second kappa shape index (κ2) is 7.46. The Balaban J connectivity index is 3.83. The molecule has 0 aliphatic rings. The van der Waals surface area contributed by atoms with E-state index in [1.165, 1.54) is 0 Å². The fourth-order valence-electron chi connectivity index (χ4n) is 2.23. The van der Waals surface area contributed by atoms with E-state index in [9.17, 15) is 79.7 Å². The largest absolute Gasteiger partial charge is 0.494 e. The van der Waals surface area contributed by atoms with Crippen molar-refractivity contribution in [1.29, 1.82) is 0 Å². The van der Waals surface area contributed by atoms with Crippen molar-refractivity contribution in [1.82, 2.24) is 4.57 Å². The van der Waals surface area contributed by atoms with Crippen LogP contribution in [0.5, 0.6) is 11.8 Å². The van der Waals surface area contributed by atoms with Gasteiger partial charge in [-0.15, -0.1) is 0 Å². The summed E-state index contributed by atoms with van der Waals surface area (Å²) in [6.45, 7) is 2.75. The van der Waals surface area contributed by atoms with Crippen molar-refractivity contribution in [3.05, 3.63) is 18.2 Å². The molecular formula is C14H6F17NO2. The Morgan fingerprint density at radius 1 is 0.588 bits per heavy atom. The summed E-state index contributed by atoms with van der Waals surface area (Å²) < 4.78 is 223. The van der Waals surface area contributed by atoms with Crippen molar-refractivity contribution < 1.29 is 84.9 Å². The highest BCUT2D eigenvalue weighted by molar-refractivity contribution is 5.56. The van der Waals surface area contributed by atoms with Gasteiger partial charge >= 0.3 is 47.8 Å². The summed E-state index contributed by atoms with van der Waals surface area (Å²) in [5, 5.41) is 18.4. The van der Waals surface area contributed by atoms with Gasteiger partial charge in [0.25, 0.3) is 0 Å². The second-order valence-electron chi connectivity index (χ2n) is 6.31. The Kier molecular flexibility index (Phi) is 6.47. The molecule has 198 valence electrons. The van der Waals surface area contributed by atoms with Gasteiger partial charge in [-0.25, -0.2) is 4.57 Å². The van der Waals surface area contributed by atoms with Gasteiger partial charge in [0.15, 0.2) is 5.88 Å². The summed E-state index contributed by atoms with van der Waals surface area (Å²) in [4.78, 5) is 0. The van der Waals surface area contributed by atoms with E-state index < -0.39 is 69.6 Å². The lowest BCUT2D eigenvalue weighted by atomic mass is 9.90. The van der Waals surface area contributed by atoms with Crippen LogP contribution in [-0.4, -0.2) is 56.5 Å². The predicted octanol–water partition coefficient (Wildman–Crippen LogP) is 6.47. The lowest BCUT2D eigenvalue weighted by molar-refractivity contribution is -0.467. The standard InChI is InChI=1S/C14H6F17NO2/c1-2-4-3-5(33)32(6(4)34)14(30,31)12(25,26)10(21,22)8(17,18)7(15,16)9(19,20)11(23,24)13(27,28)29/h2-3,33-34H,1H2. The van der Waals surface area contributed by atoms with Gasteiger partial charge in [0.2, 0.25) is 5.88 Å². The van der Waals surface area contributed by atoms with Crippen molar-refractivity contribution in [3.8, 4) is 11.8 Å². The zero-order valence-electron chi connectivity index (χ0n) is 15.1. The topological polar surface area (TPSA) is 45.4 Å². The van der Waals surface area contributed by atoms with Crippen LogP contribution >= 0.6 is 0 Å². The molecule has 1 aromatic heterocycles. The molecule has 0 spiro atoms. The third kappa shape index (κ3) is 3.34. The molecule has 0 saturated heterocycles. The number of hydrogen-bond acceptors (Lipinski definition) is 2. The molecule has 20 heteroatoms. The van der Waals surface area contributed by atoms with Gasteiger partial charge in [0, 0.05) is 11.6 Å². The maximum absolute atomic E-state index is 14.0. The molecular weight excluding hydrogens is 537 g/mol. The maximum atomic E-state index is 14.0. The van der Waals surface area contributed by atoms with E-state index in [1.807, 2.05) is 0 Å². The number of alkyl halides is 17. The lowest BCUT2D eigenvalue weighted by Crippen LogP contribution is -2.74. The molecule has 0 fully saturated rings. The molecule has 1 heterocycles. The highest BCUT2D eigenvalue weighted by Gasteiger charge is 2.95. The summed E-state index contributed by atoms with van der Waals surface area (Å²) in [5.41, 5.74) is -1.19. The number of halogens is 17. The summed E-state index contributed by atoms with van der Waals surface area (Å²) in [5.74, 6) is -55.8. The van der Waals surface area contributed by atoms with E-state index in [0.29, 0.717) is 0 Å². The molecule has 34 heavy (non-hydrogen) atoms. The van der Waals surface area contributed by atoms with Crippen LogP contribution in [0.2, 0.25) is 0 Å². The normalized spacial score (nSPS) is 15.6. The van der Waals surface area contributed by atoms with Crippen molar-refractivity contribution in [2.24, 2.45) is 0 Å². The van der Waals surface area contributed by atoms with Crippen LogP contribution < -0.4 is 0 Å². The number of hydrogen-bond donors (Lipinski definition) is 2. The van der Waals surface area contributed by atoms with Gasteiger partial charge in [-0.05, 0) is 0 Å². The molecule has 0 aliphatic carbocycles. The number of nitrogens with zero attached hydrogens (tertiary/aromatic N) is 1. The molecule has 0 radical (unpaired) electrons. The van der Waals surface area contributed by atoms with Gasteiger partial charge < -0.3 is 10.2 Å². The van der Waals surface area contributed by atoms with Crippen LogP contribution in [0.15, 0.2) is 12.6 Å². The number of aromatic hydroxyl groups is 2. The van der Waals surface area contributed by atoms with Crippen molar-refractivity contribution in [2.45, 2.75) is 47.8 Å².